The summed E-state index contributed by atoms with van der Waals surface area (Å²) in [5.74, 6) is -1.06. The number of benzene rings is 2. The van der Waals surface area contributed by atoms with Crippen molar-refractivity contribution in [3.05, 3.63) is 95.1 Å². The largest absolute Gasteiger partial charge is 0.369 e. The van der Waals surface area contributed by atoms with Gasteiger partial charge in [-0.05, 0) is 48.2 Å². The molecule has 7 heteroatoms. The van der Waals surface area contributed by atoms with Crippen LogP contribution in [0.5, 0.6) is 0 Å². The van der Waals surface area contributed by atoms with E-state index in [0.717, 1.165) is 46.4 Å². The van der Waals surface area contributed by atoms with Gasteiger partial charge in [0.05, 0.1) is 11.0 Å². The van der Waals surface area contributed by atoms with Crippen molar-refractivity contribution < 1.29 is 13.6 Å². The number of allylic oxidation sites excluding steroid dienone is 4. The van der Waals surface area contributed by atoms with Crippen LogP contribution >= 0.6 is 35.3 Å². The summed E-state index contributed by atoms with van der Waals surface area (Å²) in [6.07, 6.45) is 7.11. The monoisotopic (exact) mass is 517 g/mol. The van der Waals surface area contributed by atoms with E-state index in [-0.39, 0.29) is 22.5 Å². The quantitative estimate of drug-likeness (QED) is 0.245. The first kappa shape index (κ1) is 26.6. The molecule has 0 saturated carbocycles. The molecular formula is C27H29F2NOS3. The molecule has 3 rings (SSSR count). The van der Waals surface area contributed by atoms with E-state index < -0.39 is 5.92 Å². The Balaban J connectivity index is 1.63. The fourth-order valence-electron chi connectivity index (χ4n) is 3.48. The van der Waals surface area contributed by atoms with E-state index in [2.05, 4.69) is 30.9 Å². The third kappa shape index (κ3) is 7.79. The van der Waals surface area contributed by atoms with Crippen molar-refractivity contribution in [3.8, 4) is 0 Å². The Labute approximate surface area is 213 Å². The third-order valence-electron chi connectivity index (χ3n) is 5.29. The van der Waals surface area contributed by atoms with E-state index in [1.165, 1.54) is 34.4 Å². The van der Waals surface area contributed by atoms with Gasteiger partial charge in [0.25, 0.3) is 5.92 Å². The van der Waals surface area contributed by atoms with Crippen molar-refractivity contribution in [2.45, 2.75) is 41.2 Å². The number of amides is 1. The molecule has 1 atom stereocenters. The summed E-state index contributed by atoms with van der Waals surface area (Å²) in [6.45, 7) is 6.98. The second kappa shape index (κ2) is 12.1. The maximum atomic E-state index is 13.7. The molecule has 2 aromatic carbocycles. The van der Waals surface area contributed by atoms with Crippen LogP contribution in [0.15, 0.2) is 88.2 Å². The number of thioether (sulfide) groups is 3. The van der Waals surface area contributed by atoms with Gasteiger partial charge in [0.1, 0.15) is 0 Å². The van der Waals surface area contributed by atoms with E-state index in [1.54, 1.807) is 11.8 Å². The molecule has 0 heterocycles. The molecule has 1 amide bonds. The number of hydrogen-bond donors (Lipinski definition) is 1. The predicted molar refractivity (Wildman–Crippen MR) is 144 cm³/mol. The summed E-state index contributed by atoms with van der Waals surface area (Å²) in [5.41, 5.74) is 9.68. The van der Waals surface area contributed by atoms with Crippen molar-refractivity contribution in [1.82, 2.24) is 0 Å². The highest BCUT2D eigenvalue weighted by Crippen LogP contribution is 2.40. The second-order valence-electron chi connectivity index (χ2n) is 8.19. The van der Waals surface area contributed by atoms with E-state index in [0.29, 0.717) is 0 Å². The number of alkyl halides is 2. The Kier molecular flexibility index (Phi) is 9.51. The first-order valence-electron chi connectivity index (χ1n) is 10.9. The van der Waals surface area contributed by atoms with Crippen LogP contribution in [0.2, 0.25) is 0 Å². The Morgan fingerprint density at radius 1 is 1.12 bits per heavy atom. The van der Waals surface area contributed by atoms with Crippen LogP contribution in [-0.4, -0.2) is 23.2 Å². The van der Waals surface area contributed by atoms with Gasteiger partial charge in [-0.25, -0.2) is 8.78 Å². The minimum absolute atomic E-state index is 0.0323. The van der Waals surface area contributed by atoms with Gasteiger partial charge in [0.15, 0.2) is 0 Å². The Morgan fingerprint density at radius 2 is 1.85 bits per heavy atom. The number of primary amides is 1. The van der Waals surface area contributed by atoms with Crippen LogP contribution < -0.4 is 5.73 Å². The van der Waals surface area contributed by atoms with E-state index in [9.17, 15) is 13.6 Å². The standard InChI is InChI=1S/C27H29F2NOS3/c1-18-4-6-20(7-5-18)26(21-8-10-22(11-9-21)27(3,28)29)33-15-14-32-23-12-13-24(19(2)16-23)34-17-25(30)31/h4,6-13,16,26H,1,5,14-15,17H2,2-3H3,(H2,30,31). The van der Waals surface area contributed by atoms with Gasteiger partial charge in [0.2, 0.25) is 5.91 Å². The smallest absolute Gasteiger partial charge is 0.270 e. The molecule has 1 unspecified atom stereocenters. The first-order valence-corrected chi connectivity index (χ1v) is 14.0. The Morgan fingerprint density at radius 3 is 2.44 bits per heavy atom. The minimum Gasteiger partial charge on any atom is -0.369 e. The molecule has 0 bridgehead atoms. The number of aryl methyl sites for hydroxylation is 1. The van der Waals surface area contributed by atoms with Gasteiger partial charge in [0, 0.05) is 33.8 Å². The van der Waals surface area contributed by atoms with Crippen molar-refractivity contribution in [2.24, 2.45) is 5.73 Å². The molecule has 0 saturated heterocycles. The zero-order valence-corrected chi connectivity index (χ0v) is 21.8. The normalized spacial score (nSPS) is 14.7. The van der Waals surface area contributed by atoms with Crippen molar-refractivity contribution in [2.75, 3.05) is 17.3 Å². The molecule has 0 spiro atoms. The van der Waals surface area contributed by atoms with Crippen molar-refractivity contribution >= 4 is 41.2 Å². The molecule has 1 aliphatic carbocycles. The Hall–Kier alpha value is -1.96. The number of carbonyl (C=O) groups excluding carboxylic acids is 1. The topological polar surface area (TPSA) is 43.1 Å². The second-order valence-corrected chi connectivity index (χ2v) is 11.6. The zero-order valence-electron chi connectivity index (χ0n) is 19.4. The molecule has 34 heavy (non-hydrogen) atoms. The predicted octanol–water partition coefficient (Wildman–Crippen LogP) is 7.69. The van der Waals surface area contributed by atoms with E-state index in [4.69, 9.17) is 5.73 Å². The lowest BCUT2D eigenvalue weighted by Gasteiger charge is -2.22. The molecule has 2 nitrogen and oxygen atoms in total. The summed E-state index contributed by atoms with van der Waals surface area (Å²) in [4.78, 5) is 13.3. The van der Waals surface area contributed by atoms with Gasteiger partial charge in [-0.1, -0.05) is 54.6 Å². The van der Waals surface area contributed by atoms with Crippen LogP contribution in [0.4, 0.5) is 8.78 Å². The minimum atomic E-state index is -2.84. The fourth-order valence-corrected chi connectivity index (χ4v) is 6.56. The summed E-state index contributed by atoms with van der Waals surface area (Å²) < 4.78 is 27.3. The molecule has 1 aliphatic rings. The highest BCUT2D eigenvalue weighted by atomic mass is 32.2. The summed E-state index contributed by atoms with van der Waals surface area (Å²) in [5, 5.41) is 0.0822. The molecule has 2 aromatic rings. The lowest BCUT2D eigenvalue weighted by Crippen LogP contribution is -2.13. The third-order valence-corrected chi connectivity index (χ3v) is 9.06. The average molecular weight is 518 g/mol. The number of hydrogen-bond acceptors (Lipinski definition) is 4. The molecule has 0 fully saturated rings. The maximum Gasteiger partial charge on any atom is 0.270 e. The maximum absolute atomic E-state index is 13.7. The van der Waals surface area contributed by atoms with E-state index in [1.807, 2.05) is 43.0 Å². The summed E-state index contributed by atoms with van der Waals surface area (Å²) in [6, 6.07) is 13.0. The average Bonchev–Trinajstić information content (AvgIpc) is 2.79. The molecular weight excluding hydrogens is 489 g/mol. The van der Waals surface area contributed by atoms with Gasteiger partial charge < -0.3 is 5.73 Å². The summed E-state index contributed by atoms with van der Waals surface area (Å²) >= 11 is 5.06. The highest BCUT2D eigenvalue weighted by Gasteiger charge is 2.25. The van der Waals surface area contributed by atoms with Gasteiger partial charge in [-0.3, -0.25) is 4.79 Å². The van der Waals surface area contributed by atoms with Crippen molar-refractivity contribution in [3.63, 3.8) is 0 Å². The lowest BCUT2D eigenvalue weighted by molar-refractivity contribution is -0.115. The van der Waals surface area contributed by atoms with Gasteiger partial charge in [-0.15, -0.1) is 35.3 Å². The lowest BCUT2D eigenvalue weighted by atomic mass is 9.96. The summed E-state index contributed by atoms with van der Waals surface area (Å²) in [7, 11) is 0. The fraction of sp³-hybridized carbons (Fsp3) is 0.296. The number of nitrogens with two attached hydrogens (primary N) is 1. The van der Waals surface area contributed by atoms with Crippen LogP contribution in [0.1, 0.15) is 35.3 Å². The Bertz CT molecular complexity index is 1090. The molecule has 2 N–H and O–H groups in total. The SMILES string of the molecule is C=C1C=CC(C(SCCSc2ccc(SCC(N)=O)c(C)c2)c2ccc(C(C)(F)F)cc2)=CC1. The van der Waals surface area contributed by atoms with Crippen LogP contribution in [0, 0.1) is 6.92 Å². The van der Waals surface area contributed by atoms with Crippen LogP contribution in [0.25, 0.3) is 0 Å². The van der Waals surface area contributed by atoms with Gasteiger partial charge in [-0.2, -0.15) is 0 Å². The number of rotatable bonds is 11. The molecule has 0 aliphatic heterocycles. The zero-order chi connectivity index (χ0) is 24.7. The van der Waals surface area contributed by atoms with E-state index >= 15 is 0 Å². The number of carbonyl (C=O) groups is 1. The molecule has 0 aromatic heterocycles. The molecule has 180 valence electrons. The van der Waals surface area contributed by atoms with Crippen LogP contribution in [-0.2, 0) is 10.7 Å². The highest BCUT2D eigenvalue weighted by molar-refractivity contribution is 8.03. The van der Waals surface area contributed by atoms with Crippen molar-refractivity contribution in [1.29, 1.82) is 0 Å². The first-order chi connectivity index (χ1) is 16.1. The number of halogens is 2. The van der Waals surface area contributed by atoms with Crippen LogP contribution in [0.3, 0.4) is 0 Å². The molecule has 0 radical (unpaired) electrons. The van der Waals surface area contributed by atoms with Gasteiger partial charge >= 0.3 is 0 Å².